The molecule has 1 amide bonds. The molecule has 1 atom stereocenters. The van der Waals surface area contributed by atoms with Crippen molar-refractivity contribution in [3.63, 3.8) is 0 Å². The molecule has 6 nitrogen and oxygen atoms in total. The van der Waals surface area contributed by atoms with Gasteiger partial charge in [-0.15, -0.1) is 10.2 Å². The molecular formula is C13H13BrF3N5OS. The molecule has 0 fully saturated rings. The smallest absolute Gasteiger partial charge is 0.349 e. The monoisotopic (exact) mass is 423 g/mol. The zero-order chi connectivity index (χ0) is 17.9. The maximum absolute atomic E-state index is 12.6. The summed E-state index contributed by atoms with van der Waals surface area (Å²) in [5.41, 5.74) is 0.901. The van der Waals surface area contributed by atoms with Crippen LogP contribution in [-0.4, -0.2) is 26.5 Å². The highest BCUT2D eigenvalue weighted by Gasteiger charge is 2.38. The van der Waals surface area contributed by atoms with Gasteiger partial charge in [0.2, 0.25) is 11.1 Å². The molecule has 1 aromatic heterocycles. The number of nitrogens with one attached hydrogen (secondary N) is 1. The molecule has 0 aliphatic rings. The largest absolute Gasteiger partial charge is 0.453 e. The van der Waals surface area contributed by atoms with Gasteiger partial charge in [0.05, 0.1) is 11.8 Å². The van der Waals surface area contributed by atoms with Gasteiger partial charge in [-0.05, 0) is 24.6 Å². The molecular weight excluding hydrogens is 411 g/mol. The lowest BCUT2D eigenvalue weighted by Gasteiger charge is -2.14. The Morgan fingerprint density at radius 3 is 2.54 bits per heavy atom. The SMILES string of the molecule is CC(NC(=O)CSc1nnc(C(F)(F)F)n1N)c1ccc(Br)cc1. The third kappa shape index (κ3) is 4.63. The number of halogens is 4. The molecule has 1 unspecified atom stereocenters. The number of thioether (sulfide) groups is 1. The molecule has 2 aromatic rings. The number of nitrogen functional groups attached to an aromatic ring is 1. The zero-order valence-corrected chi connectivity index (χ0v) is 14.7. The van der Waals surface area contributed by atoms with Gasteiger partial charge < -0.3 is 11.2 Å². The Morgan fingerprint density at radius 2 is 2.00 bits per heavy atom. The van der Waals surface area contributed by atoms with E-state index in [1.165, 1.54) is 0 Å². The maximum Gasteiger partial charge on any atom is 0.453 e. The van der Waals surface area contributed by atoms with Crippen LogP contribution >= 0.6 is 27.7 Å². The summed E-state index contributed by atoms with van der Waals surface area (Å²) < 4.78 is 38.9. The molecule has 3 N–H and O–H groups in total. The van der Waals surface area contributed by atoms with Crippen molar-refractivity contribution in [3.05, 3.63) is 40.1 Å². The first-order valence-electron chi connectivity index (χ1n) is 6.64. The Balaban J connectivity index is 1.92. The van der Waals surface area contributed by atoms with Gasteiger partial charge in [-0.1, -0.05) is 39.8 Å². The second-order valence-electron chi connectivity index (χ2n) is 4.80. The van der Waals surface area contributed by atoms with Gasteiger partial charge in [0.25, 0.3) is 5.82 Å². The number of benzene rings is 1. The summed E-state index contributed by atoms with van der Waals surface area (Å²) in [7, 11) is 0. The minimum Gasteiger partial charge on any atom is -0.349 e. The van der Waals surface area contributed by atoms with E-state index in [0.29, 0.717) is 4.68 Å². The Morgan fingerprint density at radius 1 is 1.38 bits per heavy atom. The summed E-state index contributed by atoms with van der Waals surface area (Å²) in [6.45, 7) is 1.80. The van der Waals surface area contributed by atoms with E-state index >= 15 is 0 Å². The van der Waals surface area contributed by atoms with Gasteiger partial charge in [-0.2, -0.15) is 13.2 Å². The van der Waals surface area contributed by atoms with E-state index in [1.54, 1.807) is 6.92 Å². The predicted molar refractivity (Wildman–Crippen MR) is 86.6 cm³/mol. The van der Waals surface area contributed by atoms with Gasteiger partial charge in [0.15, 0.2) is 0 Å². The van der Waals surface area contributed by atoms with Crippen LogP contribution in [-0.2, 0) is 11.0 Å². The van der Waals surface area contributed by atoms with Crippen molar-refractivity contribution < 1.29 is 18.0 Å². The molecule has 0 aliphatic heterocycles. The van der Waals surface area contributed by atoms with Crippen LogP contribution in [0.2, 0.25) is 0 Å². The van der Waals surface area contributed by atoms with Gasteiger partial charge in [-0.3, -0.25) is 4.79 Å². The van der Waals surface area contributed by atoms with Crippen LogP contribution < -0.4 is 11.2 Å². The van der Waals surface area contributed by atoms with Crippen LogP contribution in [0.3, 0.4) is 0 Å². The average molecular weight is 424 g/mol. The second kappa shape index (κ2) is 7.43. The van der Waals surface area contributed by atoms with Crippen LogP contribution in [0.4, 0.5) is 13.2 Å². The number of carbonyl (C=O) groups is 1. The van der Waals surface area contributed by atoms with Gasteiger partial charge >= 0.3 is 6.18 Å². The van der Waals surface area contributed by atoms with Crippen molar-refractivity contribution in [1.82, 2.24) is 20.2 Å². The van der Waals surface area contributed by atoms with Crippen molar-refractivity contribution in [3.8, 4) is 0 Å². The fraction of sp³-hybridized carbons (Fsp3) is 0.308. The Kier molecular flexibility index (Phi) is 5.75. The number of aromatic nitrogens is 3. The van der Waals surface area contributed by atoms with Crippen molar-refractivity contribution >= 4 is 33.6 Å². The highest BCUT2D eigenvalue weighted by Crippen LogP contribution is 2.28. The number of nitrogens with zero attached hydrogens (tertiary/aromatic N) is 3. The predicted octanol–water partition coefficient (Wildman–Crippen LogP) is 2.74. The standard InChI is InChI=1S/C13H13BrF3N5OS/c1-7(8-2-4-9(14)5-3-8)19-10(23)6-24-12-21-20-11(22(12)18)13(15,16)17/h2-5,7H,6,18H2,1H3,(H,19,23). The molecule has 0 aliphatic carbocycles. The number of carbonyl (C=O) groups excluding carboxylic acids is 1. The topological polar surface area (TPSA) is 85.8 Å². The van der Waals surface area contributed by atoms with Crippen molar-refractivity contribution in [1.29, 1.82) is 0 Å². The van der Waals surface area contributed by atoms with E-state index in [2.05, 4.69) is 31.4 Å². The van der Waals surface area contributed by atoms with Crippen LogP contribution in [0.5, 0.6) is 0 Å². The van der Waals surface area contributed by atoms with Gasteiger partial charge in [-0.25, -0.2) is 4.68 Å². The molecule has 0 spiro atoms. The van der Waals surface area contributed by atoms with Crippen LogP contribution in [0.1, 0.15) is 24.4 Å². The summed E-state index contributed by atoms with van der Waals surface area (Å²) in [6.07, 6.45) is -4.70. The summed E-state index contributed by atoms with van der Waals surface area (Å²) in [5, 5.41) is 8.90. The Hall–Kier alpha value is -1.75. The molecule has 2 rings (SSSR count). The first kappa shape index (κ1) is 18.6. The lowest BCUT2D eigenvalue weighted by Crippen LogP contribution is -2.28. The van der Waals surface area contributed by atoms with E-state index < -0.39 is 12.0 Å². The van der Waals surface area contributed by atoms with E-state index in [-0.39, 0.29) is 22.9 Å². The van der Waals surface area contributed by atoms with Crippen LogP contribution in [0, 0.1) is 0 Å². The van der Waals surface area contributed by atoms with Gasteiger partial charge in [0.1, 0.15) is 0 Å². The first-order valence-corrected chi connectivity index (χ1v) is 8.41. The fourth-order valence-corrected chi connectivity index (χ4v) is 2.75. The second-order valence-corrected chi connectivity index (χ2v) is 6.66. The zero-order valence-electron chi connectivity index (χ0n) is 12.3. The number of hydrogen-bond donors (Lipinski definition) is 2. The quantitative estimate of drug-likeness (QED) is 0.570. The van der Waals surface area contributed by atoms with E-state index in [1.807, 2.05) is 24.3 Å². The molecule has 24 heavy (non-hydrogen) atoms. The summed E-state index contributed by atoms with van der Waals surface area (Å²) in [5.74, 6) is 3.50. The Bertz CT molecular complexity index is 719. The van der Waals surface area contributed by atoms with E-state index in [4.69, 9.17) is 5.84 Å². The Labute approximate surface area is 148 Å². The number of amides is 1. The van der Waals surface area contributed by atoms with E-state index in [9.17, 15) is 18.0 Å². The minimum absolute atomic E-state index is 0.131. The van der Waals surface area contributed by atoms with Crippen molar-refractivity contribution in [2.75, 3.05) is 11.6 Å². The molecule has 1 aromatic carbocycles. The maximum atomic E-state index is 12.6. The van der Waals surface area contributed by atoms with Crippen molar-refractivity contribution in [2.45, 2.75) is 24.3 Å². The number of rotatable bonds is 5. The molecule has 0 bridgehead atoms. The molecule has 11 heteroatoms. The fourth-order valence-electron chi connectivity index (χ4n) is 1.82. The van der Waals surface area contributed by atoms with Crippen LogP contribution in [0.25, 0.3) is 0 Å². The summed E-state index contributed by atoms with van der Waals surface area (Å²) in [6, 6.07) is 7.17. The van der Waals surface area contributed by atoms with Crippen LogP contribution in [0.15, 0.2) is 33.9 Å². The molecule has 130 valence electrons. The highest BCUT2D eigenvalue weighted by molar-refractivity contribution is 9.10. The molecule has 1 heterocycles. The normalized spacial score (nSPS) is 12.9. The first-order chi connectivity index (χ1) is 11.2. The average Bonchev–Trinajstić information content (AvgIpc) is 2.86. The third-order valence-electron chi connectivity index (χ3n) is 3.00. The summed E-state index contributed by atoms with van der Waals surface area (Å²) in [4.78, 5) is 11.9. The number of alkyl halides is 3. The summed E-state index contributed by atoms with van der Waals surface area (Å²) >= 11 is 4.10. The number of hydrogen-bond acceptors (Lipinski definition) is 5. The van der Waals surface area contributed by atoms with E-state index in [0.717, 1.165) is 21.8 Å². The third-order valence-corrected chi connectivity index (χ3v) is 4.47. The lowest BCUT2D eigenvalue weighted by molar-refractivity contribution is -0.146. The highest BCUT2D eigenvalue weighted by atomic mass is 79.9. The van der Waals surface area contributed by atoms with Crippen molar-refractivity contribution in [2.24, 2.45) is 0 Å². The molecule has 0 saturated carbocycles. The molecule has 0 saturated heterocycles. The lowest BCUT2D eigenvalue weighted by atomic mass is 10.1. The molecule has 0 radical (unpaired) electrons. The minimum atomic E-state index is -4.70. The number of nitrogens with two attached hydrogens (primary N) is 1. The van der Waals surface area contributed by atoms with Gasteiger partial charge in [0, 0.05) is 4.47 Å².